The summed E-state index contributed by atoms with van der Waals surface area (Å²) in [7, 11) is 0. The van der Waals surface area contributed by atoms with Crippen molar-refractivity contribution in [2.24, 2.45) is 5.73 Å². The van der Waals surface area contributed by atoms with Crippen LogP contribution in [-0.2, 0) is 4.74 Å². The smallest absolute Gasteiger partial charge is 0.404 e. The van der Waals surface area contributed by atoms with Gasteiger partial charge in [0.15, 0.2) is 0 Å². The molecule has 5 heteroatoms. The second kappa shape index (κ2) is 3.25. The van der Waals surface area contributed by atoms with E-state index in [0.717, 1.165) is 0 Å². The lowest BCUT2D eigenvalue weighted by atomic mass is 9.94. The molecule has 2 N–H and O–H groups in total. The zero-order chi connectivity index (χ0) is 9.19. The molecule has 12 heavy (non-hydrogen) atoms. The van der Waals surface area contributed by atoms with E-state index in [9.17, 15) is 13.6 Å². The highest BCUT2D eigenvalue weighted by atomic mass is 19.3. The van der Waals surface area contributed by atoms with Crippen molar-refractivity contribution in [3.63, 3.8) is 0 Å². The van der Waals surface area contributed by atoms with E-state index >= 15 is 0 Å². The van der Waals surface area contributed by atoms with E-state index in [0.29, 0.717) is 0 Å². The maximum atomic E-state index is 12.5. The number of carbonyl (C=O) groups is 1. The number of hydrogen-bond acceptors (Lipinski definition) is 2. The number of hydrogen-bond donors (Lipinski definition) is 1. The Bertz CT molecular complexity index is 174. The van der Waals surface area contributed by atoms with Crippen molar-refractivity contribution in [2.45, 2.75) is 37.7 Å². The molecule has 1 fully saturated rings. The van der Waals surface area contributed by atoms with Gasteiger partial charge in [-0.2, -0.15) is 0 Å². The third-order valence-corrected chi connectivity index (χ3v) is 1.95. The maximum absolute atomic E-state index is 12.5. The van der Waals surface area contributed by atoms with Crippen LogP contribution in [0.25, 0.3) is 0 Å². The Morgan fingerprint density at radius 3 is 2.33 bits per heavy atom. The number of rotatable bonds is 1. The predicted octanol–water partition coefficient (Wildman–Crippen LogP) is 1.66. The molecule has 0 unspecified atom stereocenters. The summed E-state index contributed by atoms with van der Waals surface area (Å²) in [5, 5.41) is 0. The molecule has 1 aliphatic rings. The number of halogens is 2. The molecule has 1 aliphatic carbocycles. The van der Waals surface area contributed by atoms with E-state index in [1.54, 1.807) is 0 Å². The Morgan fingerprint density at radius 2 is 1.92 bits per heavy atom. The Balaban J connectivity index is 2.31. The first-order chi connectivity index (χ1) is 5.49. The van der Waals surface area contributed by atoms with Crippen LogP contribution < -0.4 is 5.73 Å². The van der Waals surface area contributed by atoms with Gasteiger partial charge in [0.2, 0.25) is 5.92 Å². The van der Waals surface area contributed by atoms with Crippen LogP contribution in [0, 0.1) is 0 Å². The minimum Gasteiger partial charge on any atom is -0.446 e. The largest absolute Gasteiger partial charge is 0.446 e. The molecular formula is C7H11F2NO2. The fourth-order valence-electron chi connectivity index (χ4n) is 1.30. The van der Waals surface area contributed by atoms with E-state index in [2.05, 4.69) is 4.74 Å². The average Bonchev–Trinajstić information content (AvgIpc) is 1.93. The minimum absolute atomic E-state index is 0.204. The van der Waals surface area contributed by atoms with Crippen LogP contribution in [0.1, 0.15) is 25.7 Å². The van der Waals surface area contributed by atoms with Gasteiger partial charge in [0.25, 0.3) is 0 Å². The van der Waals surface area contributed by atoms with Gasteiger partial charge in [-0.05, 0) is 12.8 Å². The van der Waals surface area contributed by atoms with Gasteiger partial charge in [-0.3, -0.25) is 0 Å². The highest BCUT2D eigenvalue weighted by Gasteiger charge is 2.35. The lowest BCUT2D eigenvalue weighted by Gasteiger charge is -2.27. The Hall–Kier alpha value is -0.870. The van der Waals surface area contributed by atoms with Gasteiger partial charge >= 0.3 is 6.09 Å². The van der Waals surface area contributed by atoms with Crippen LogP contribution in [-0.4, -0.2) is 18.1 Å². The highest BCUT2D eigenvalue weighted by Crippen LogP contribution is 2.34. The van der Waals surface area contributed by atoms with E-state index in [1.807, 2.05) is 0 Å². The lowest BCUT2D eigenvalue weighted by molar-refractivity contribution is -0.0646. The summed E-state index contributed by atoms with van der Waals surface area (Å²) in [5.41, 5.74) is 4.74. The first-order valence-corrected chi connectivity index (χ1v) is 3.83. The minimum atomic E-state index is -2.59. The molecule has 70 valence electrons. The van der Waals surface area contributed by atoms with Crippen LogP contribution in [0.4, 0.5) is 13.6 Å². The summed E-state index contributed by atoms with van der Waals surface area (Å²) in [4.78, 5) is 10.2. The monoisotopic (exact) mass is 179 g/mol. The molecule has 0 saturated heterocycles. The molecule has 1 rings (SSSR count). The lowest BCUT2D eigenvalue weighted by Crippen LogP contribution is -2.32. The van der Waals surface area contributed by atoms with Crippen LogP contribution in [0.5, 0.6) is 0 Å². The van der Waals surface area contributed by atoms with Crippen LogP contribution >= 0.6 is 0 Å². The maximum Gasteiger partial charge on any atom is 0.404 e. The van der Waals surface area contributed by atoms with Crippen molar-refractivity contribution < 1.29 is 18.3 Å². The van der Waals surface area contributed by atoms with Crippen LogP contribution in [0.15, 0.2) is 0 Å². The van der Waals surface area contributed by atoms with Gasteiger partial charge in [-0.25, -0.2) is 13.6 Å². The Kier molecular flexibility index (Phi) is 2.49. The summed E-state index contributed by atoms with van der Waals surface area (Å²) >= 11 is 0. The van der Waals surface area contributed by atoms with Gasteiger partial charge in [0.05, 0.1) is 0 Å². The van der Waals surface area contributed by atoms with Crippen molar-refractivity contribution in [3.8, 4) is 0 Å². The van der Waals surface area contributed by atoms with Crippen molar-refractivity contribution in [1.82, 2.24) is 0 Å². The normalized spacial score (nSPS) is 23.5. The summed E-state index contributed by atoms with van der Waals surface area (Å²) in [6.07, 6.45) is -1.32. The van der Waals surface area contributed by atoms with E-state index in [4.69, 9.17) is 5.73 Å². The number of nitrogens with two attached hydrogens (primary N) is 1. The van der Waals surface area contributed by atoms with Gasteiger partial charge < -0.3 is 10.5 Å². The van der Waals surface area contributed by atoms with Gasteiger partial charge in [0.1, 0.15) is 6.10 Å². The second-order valence-corrected chi connectivity index (χ2v) is 2.99. The van der Waals surface area contributed by atoms with E-state index < -0.39 is 18.1 Å². The number of primary amides is 1. The molecule has 0 atom stereocenters. The van der Waals surface area contributed by atoms with Gasteiger partial charge in [0, 0.05) is 12.8 Å². The van der Waals surface area contributed by atoms with Crippen molar-refractivity contribution in [2.75, 3.05) is 0 Å². The zero-order valence-corrected chi connectivity index (χ0v) is 6.56. The first kappa shape index (κ1) is 9.22. The van der Waals surface area contributed by atoms with E-state index in [-0.39, 0.29) is 25.7 Å². The number of alkyl halides is 2. The highest BCUT2D eigenvalue weighted by molar-refractivity contribution is 5.64. The van der Waals surface area contributed by atoms with Crippen molar-refractivity contribution >= 4 is 6.09 Å². The van der Waals surface area contributed by atoms with Crippen molar-refractivity contribution in [3.05, 3.63) is 0 Å². The molecule has 0 radical (unpaired) electrons. The third-order valence-electron chi connectivity index (χ3n) is 1.95. The molecule has 0 bridgehead atoms. The molecule has 0 aromatic rings. The molecule has 0 spiro atoms. The average molecular weight is 179 g/mol. The van der Waals surface area contributed by atoms with Crippen LogP contribution in [0.2, 0.25) is 0 Å². The van der Waals surface area contributed by atoms with Crippen LogP contribution in [0.3, 0.4) is 0 Å². The molecule has 0 heterocycles. The third kappa shape index (κ3) is 2.64. The molecule has 1 amide bonds. The predicted molar refractivity (Wildman–Crippen MR) is 37.9 cm³/mol. The molecule has 1 saturated carbocycles. The van der Waals surface area contributed by atoms with Crippen molar-refractivity contribution in [1.29, 1.82) is 0 Å². The SMILES string of the molecule is NC(=O)OC1CCC(F)(F)CC1. The first-order valence-electron chi connectivity index (χ1n) is 3.83. The molecular weight excluding hydrogens is 168 g/mol. The summed E-state index contributed by atoms with van der Waals surface area (Å²) in [6, 6.07) is 0. The quantitative estimate of drug-likeness (QED) is 0.665. The number of amides is 1. The fourth-order valence-corrected chi connectivity index (χ4v) is 1.30. The molecule has 0 aliphatic heterocycles. The molecule has 0 aromatic heterocycles. The summed E-state index contributed by atoms with van der Waals surface area (Å²) in [5.74, 6) is -2.59. The van der Waals surface area contributed by atoms with Gasteiger partial charge in [-0.15, -0.1) is 0 Å². The number of carbonyl (C=O) groups excluding carboxylic acids is 1. The number of ether oxygens (including phenoxy) is 1. The zero-order valence-electron chi connectivity index (χ0n) is 6.56. The summed E-state index contributed by atoms with van der Waals surface area (Å²) in [6.45, 7) is 0. The van der Waals surface area contributed by atoms with E-state index in [1.165, 1.54) is 0 Å². The fraction of sp³-hybridized carbons (Fsp3) is 0.857. The molecule has 0 aromatic carbocycles. The standard InChI is InChI=1S/C7H11F2NO2/c8-7(9)3-1-5(2-4-7)12-6(10)11/h5H,1-4H2,(H2,10,11). The Labute approximate surface area is 68.9 Å². The second-order valence-electron chi connectivity index (χ2n) is 2.99. The topological polar surface area (TPSA) is 52.3 Å². The van der Waals surface area contributed by atoms with Gasteiger partial charge in [-0.1, -0.05) is 0 Å². The molecule has 3 nitrogen and oxygen atoms in total. The summed E-state index contributed by atoms with van der Waals surface area (Å²) < 4.78 is 29.7. The Morgan fingerprint density at radius 1 is 1.42 bits per heavy atom.